The Morgan fingerprint density at radius 3 is 2.53 bits per heavy atom. The molecule has 1 atom stereocenters. The molecule has 7 nitrogen and oxygen atoms in total. The number of nitrogens with one attached hydrogen (secondary N) is 2. The summed E-state index contributed by atoms with van der Waals surface area (Å²) in [6, 6.07) is 10.4. The van der Waals surface area contributed by atoms with Gasteiger partial charge in [-0.25, -0.2) is 4.79 Å². The zero-order valence-corrected chi connectivity index (χ0v) is 17.4. The van der Waals surface area contributed by atoms with E-state index in [2.05, 4.69) is 15.0 Å². The van der Waals surface area contributed by atoms with E-state index in [4.69, 9.17) is 0 Å². The molecule has 4 rings (SSSR count). The van der Waals surface area contributed by atoms with Gasteiger partial charge in [0.05, 0.1) is 6.54 Å². The number of carbonyl (C=O) groups excluding carboxylic acids is 3. The third-order valence-corrected chi connectivity index (χ3v) is 5.72. The normalized spacial score (nSPS) is 18.5. The fourth-order valence-corrected chi connectivity index (χ4v) is 3.98. The highest BCUT2D eigenvalue weighted by atomic mass is 19.3. The van der Waals surface area contributed by atoms with Crippen molar-refractivity contribution in [2.45, 2.75) is 32.4 Å². The quantitative estimate of drug-likeness (QED) is 0.429. The van der Waals surface area contributed by atoms with Crippen molar-refractivity contribution in [3.63, 3.8) is 0 Å². The first-order valence-electron chi connectivity index (χ1n) is 10.1. The Kier molecular flexibility index (Phi) is 5.41. The standard InChI is InChI=1S/C23H21F2N3O4/c1-3-13-5-4-6-16-17(11-26-19(13)16)18(29)12-28-20(30)23(2,27-22(28)31)14-7-9-15(10-8-14)32-21(24)25/h4-11,21,26H,3,12H2,1-2H3,(H,27,31)/t23-/m0/s1. The number of halogens is 2. The summed E-state index contributed by atoms with van der Waals surface area (Å²) in [5, 5.41) is 3.34. The van der Waals surface area contributed by atoms with Crippen LogP contribution in [0.4, 0.5) is 13.6 Å². The van der Waals surface area contributed by atoms with Crippen LogP contribution in [0, 0.1) is 0 Å². The van der Waals surface area contributed by atoms with Gasteiger partial charge in [-0.2, -0.15) is 8.78 Å². The number of aryl methyl sites for hydroxylation is 1. The number of para-hydroxylation sites is 1. The number of imide groups is 1. The van der Waals surface area contributed by atoms with Crippen molar-refractivity contribution in [2.75, 3.05) is 6.54 Å². The number of aromatic nitrogens is 1. The Balaban J connectivity index is 1.56. The molecule has 0 spiro atoms. The van der Waals surface area contributed by atoms with Crippen LogP contribution in [0.1, 0.15) is 35.3 Å². The third-order valence-electron chi connectivity index (χ3n) is 5.72. The highest BCUT2D eigenvalue weighted by Gasteiger charge is 2.49. The van der Waals surface area contributed by atoms with Crippen LogP contribution in [0.3, 0.4) is 0 Å². The number of hydrogen-bond donors (Lipinski definition) is 2. The molecule has 1 aliphatic heterocycles. The molecule has 1 aliphatic rings. The van der Waals surface area contributed by atoms with E-state index in [1.807, 2.05) is 25.1 Å². The van der Waals surface area contributed by atoms with Gasteiger partial charge < -0.3 is 15.0 Å². The van der Waals surface area contributed by atoms with Crippen LogP contribution in [0.25, 0.3) is 10.9 Å². The van der Waals surface area contributed by atoms with E-state index in [1.165, 1.54) is 31.2 Å². The molecule has 0 radical (unpaired) electrons. The summed E-state index contributed by atoms with van der Waals surface area (Å²) in [4.78, 5) is 42.6. The van der Waals surface area contributed by atoms with Gasteiger partial charge in [-0.15, -0.1) is 0 Å². The van der Waals surface area contributed by atoms with E-state index in [1.54, 1.807) is 6.20 Å². The molecule has 1 saturated heterocycles. The van der Waals surface area contributed by atoms with Gasteiger partial charge in [0.1, 0.15) is 11.3 Å². The lowest BCUT2D eigenvalue weighted by atomic mass is 9.92. The number of nitrogens with zero attached hydrogens (tertiary/aromatic N) is 1. The summed E-state index contributed by atoms with van der Waals surface area (Å²) >= 11 is 0. The number of H-pyrrole nitrogens is 1. The Morgan fingerprint density at radius 1 is 1.16 bits per heavy atom. The molecule has 1 aromatic heterocycles. The number of alkyl halides is 2. The molecular formula is C23H21F2N3O4. The van der Waals surface area contributed by atoms with Crippen LogP contribution in [-0.2, 0) is 16.8 Å². The summed E-state index contributed by atoms with van der Waals surface area (Å²) in [6.07, 6.45) is 2.38. The maximum Gasteiger partial charge on any atom is 0.387 e. The van der Waals surface area contributed by atoms with Crippen molar-refractivity contribution in [3.8, 4) is 5.75 Å². The minimum Gasteiger partial charge on any atom is -0.435 e. The molecule has 1 fully saturated rings. The van der Waals surface area contributed by atoms with E-state index in [-0.39, 0.29) is 11.5 Å². The minimum atomic E-state index is -2.97. The van der Waals surface area contributed by atoms with Crippen LogP contribution < -0.4 is 10.1 Å². The van der Waals surface area contributed by atoms with Gasteiger partial charge in [0.15, 0.2) is 5.78 Å². The van der Waals surface area contributed by atoms with E-state index in [0.717, 1.165) is 27.8 Å². The molecule has 9 heteroatoms. The molecule has 2 heterocycles. The number of carbonyl (C=O) groups is 3. The van der Waals surface area contributed by atoms with Crippen molar-refractivity contribution in [3.05, 3.63) is 65.4 Å². The first kappa shape index (κ1) is 21.5. The second kappa shape index (κ2) is 8.07. The lowest BCUT2D eigenvalue weighted by Crippen LogP contribution is -2.41. The third kappa shape index (κ3) is 3.59. The second-order valence-electron chi connectivity index (χ2n) is 7.67. The smallest absolute Gasteiger partial charge is 0.387 e. The summed E-state index contributed by atoms with van der Waals surface area (Å²) in [5.41, 5.74) is 1.26. The molecule has 166 valence electrons. The summed E-state index contributed by atoms with van der Waals surface area (Å²) in [5.74, 6) is -1.05. The highest BCUT2D eigenvalue weighted by molar-refractivity contribution is 6.14. The number of ether oxygens (including phenoxy) is 1. The maximum atomic E-state index is 13.1. The Morgan fingerprint density at radius 2 is 1.88 bits per heavy atom. The number of Topliss-reactive ketones (excluding diaryl/α,β-unsaturated/α-hetero) is 1. The Labute approximate surface area is 182 Å². The first-order chi connectivity index (χ1) is 15.2. The number of urea groups is 1. The average molecular weight is 441 g/mol. The van der Waals surface area contributed by atoms with Gasteiger partial charge >= 0.3 is 12.6 Å². The number of hydrogen-bond acceptors (Lipinski definition) is 4. The molecule has 0 unspecified atom stereocenters. The summed E-state index contributed by atoms with van der Waals surface area (Å²) < 4.78 is 29.0. The van der Waals surface area contributed by atoms with Crippen LogP contribution in [0.5, 0.6) is 5.75 Å². The number of benzene rings is 2. The van der Waals surface area contributed by atoms with Crippen LogP contribution >= 0.6 is 0 Å². The predicted octanol–water partition coefficient (Wildman–Crippen LogP) is 3.98. The molecular weight excluding hydrogens is 420 g/mol. The van der Waals surface area contributed by atoms with Gasteiger partial charge in [-0.1, -0.05) is 37.3 Å². The van der Waals surface area contributed by atoms with Crippen molar-refractivity contribution in [2.24, 2.45) is 0 Å². The SMILES string of the molecule is CCc1cccc2c(C(=O)CN3C(=O)N[C@@](C)(c4ccc(OC(F)F)cc4)C3=O)c[nH]c12. The first-order valence-corrected chi connectivity index (χ1v) is 10.1. The monoisotopic (exact) mass is 441 g/mol. The Hall–Kier alpha value is -3.75. The molecule has 0 aliphatic carbocycles. The highest BCUT2D eigenvalue weighted by Crippen LogP contribution is 2.31. The summed E-state index contributed by atoms with van der Waals surface area (Å²) in [6.45, 7) is 0.122. The lowest BCUT2D eigenvalue weighted by molar-refractivity contribution is -0.130. The Bertz CT molecular complexity index is 1210. The molecule has 3 amide bonds. The van der Waals surface area contributed by atoms with Crippen molar-refractivity contribution in [1.82, 2.24) is 15.2 Å². The zero-order chi connectivity index (χ0) is 23.0. The molecule has 2 N–H and O–H groups in total. The zero-order valence-electron chi connectivity index (χ0n) is 17.4. The maximum absolute atomic E-state index is 13.1. The van der Waals surface area contributed by atoms with Crippen molar-refractivity contribution in [1.29, 1.82) is 0 Å². The molecule has 0 saturated carbocycles. The van der Waals surface area contributed by atoms with E-state index >= 15 is 0 Å². The fourth-order valence-electron chi connectivity index (χ4n) is 3.98. The lowest BCUT2D eigenvalue weighted by Gasteiger charge is -2.22. The average Bonchev–Trinajstić information content (AvgIpc) is 3.29. The van der Waals surface area contributed by atoms with Crippen molar-refractivity contribution < 1.29 is 27.9 Å². The van der Waals surface area contributed by atoms with Gasteiger partial charge in [-0.3, -0.25) is 14.5 Å². The van der Waals surface area contributed by atoms with Gasteiger partial charge in [0.25, 0.3) is 5.91 Å². The minimum absolute atomic E-state index is 0.0676. The topological polar surface area (TPSA) is 91.5 Å². The predicted molar refractivity (Wildman–Crippen MR) is 113 cm³/mol. The number of aromatic amines is 1. The van der Waals surface area contributed by atoms with Crippen LogP contribution in [0.15, 0.2) is 48.7 Å². The van der Waals surface area contributed by atoms with Crippen LogP contribution in [0.2, 0.25) is 0 Å². The fraction of sp³-hybridized carbons (Fsp3) is 0.261. The van der Waals surface area contributed by atoms with Crippen molar-refractivity contribution >= 4 is 28.6 Å². The van der Waals surface area contributed by atoms with Gasteiger partial charge in [0.2, 0.25) is 0 Å². The molecule has 32 heavy (non-hydrogen) atoms. The number of fused-ring (bicyclic) bond motifs is 1. The van der Waals surface area contributed by atoms with E-state index in [0.29, 0.717) is 11.1 Å². The molecule has 3 aromatic rings. The van der Waals surface area contributed by atoms with E-state index in [9.17, 15) is 23.2 Å². The molecule has 0 bridgehead atoms. The van der Waals surface area contributed by atoms with Gasteiger partial charge in [0, 0.05) is 22.7 Å². The number of ketones is 1. The second-order valence-corrected chi connectivity index (χ2v) is 7.67. The van der Waals surface area contributed by atoms with Gasteiger partial charge in [-0.05, 0) is 36.6 Å². The van der Waals surface area contributed by atoms with E-state index < -0.39 is 30.6 Å². The largest absolute Gasteiger partial charge is 0.435 e. The molecule has 2 aromatic carbocycles. The summed E-state index contributed by atoms with van der Waals surface area (Å²) in [7, 11) is 0. The van der Waals surface area contributed by atoms with Crippen LogP contribution in [-0.4, -0.2) is 40.8 Å². The number of amides is 3. The number of rotatable bonds is 7.